The SMILES string of the molecule is CC(C)c1ccccc1C1=CC2CCC(C1)N2C(=O)OCc1ccccc1. The Kier molecular flexibility index (Phi) is 5.02. The average Bonchev–Trinajstić information content (AvgIpc) is 2.96. The number of carbonyl (C=O) groups is 1. The number of hydrogen-bond acceptors (Lipinski definition) is 2. The molecule has 2 unspecified atom stereocenters. The van der Waals surface area contributed by atoms with Crippen molar-refractivity contribution in [3.8, 4) is 0 Å². The zero-order chi connectivity index (χ0) is 18.8. The number of fused-ring (bicyclic) bond motifs is 2. The molecule has 2 heterocycles. The summed E-state index contributed by atoms with van der Waals surface area (Å²) in [6.07, 6.45) is 5.11. The van der Waals surface area contributed by atoms with Crippen LogP contribution in [0.25, 0.3) is 5.57 Å². The van der Waals surface area contributed by atoms with Crippen LogP contribution in [0.3, 0.4) is 0 Å². The highest BCUT2D eigenvalue weighted by Crippen LogP contribution is 2.40. The average molecular weight is 361 g/mol. The van der Waals surface area contributed by atoms with E-state index in [1.807, 2.05) is 35.2 Å². The predicted molar refractivity (Wildman–Crippen MR) is 108 cm³/mol. The molecule has 4 rings (SSSR count). The summed E-state index contributed by atoms with van der Waals surface area (Å²) in [5.74, 6) is 0.494. The molecule has 0 spiro atoms. The van der Waals surface area contributed by atoms with Gasteiger partial charge in [-0.2, -0.15) is 0 Å². The van der Waals surface area contributed by atoms with Crippen LogP contribution in [-0.4, -0.2) is 23.1 Å². The molecule has 2 aliphatic heterocycles. The third-order valence-electron chi connectivity index (χ3n) is 5.74. The maximum atomic E-state index is 12.7. The molecule has 1 amide bonds. The smallest absolute Gasteiger partial charge is 0.410 e. The first-order valence-corrected chi connectivity index (χ1v) is 9.92. The van der Waals surface area contributed by atoms with Crippen molar-refractivity contribution in [2.45, 2.75) is 57.7 Å². The topological polar surface area (TPSA) is 29.5 Å². The highest BCUT2D eigenvalue weighted by Gasteiger charge is 2.40. The van der Waals surface area contributed by atoms with E-state index < -0.39 is 0 Å². The lowest BCUT2D eigenvalue weighted by molar-refractivity contribution is 0.0832. The van der Waals surface area contributed by atoms with Crippen molar-refractivity contribution < 1.29 is 9.53 Å². The van der Waals surface area contributed by atoms with Gasteiger partial charge in [-0.3, -0.25) is 4.90 Å². The summed E-state index contributed by atoms with van der Waals surface area (Å²) in [6.45, 7) is 4.82. The van der Waals surface area contributed by atoms with Gasteiger partial charge in [-0.15, -0.1) is 0 Å². The molecule has 2 atom stereocenters. The molecule has 2 aromatic rings. The van der Waals surface area contributed by atoms with E-state index in [-0.39, 0.29) is 18.2 Å². The Labute approximate surface area is 161 Å². The molecular formula is C24H27NO2. The lowest BCUT2D eigenvalue weighted by atomic mass is 9.88. The van der Waals surface area contributed by atoms with Gasteiger partial charge in [0.15, 0.2) is 0 Å². The van der Waals surface area contributed by atoms with Crippen molar-refractivity contribution in [2.24, 2.45) is 0 Å². The first-order valence-electron chi connectivity index (χ1n) is 9.92. The summed E-state index contributed by atoms with van der Waals surface area (Å²) < 4.78 is 5.61. The van der Waals surface area contributed by atoms with Gasteiger partial charge in [-0.25, -0.2) is 4.79 Å². The zero-order valence-electron chi connectivity index (χ0n) is 16.1. The summed E-state index contributed by atoms with van der Waals surface area (Å²) in [6, 6.07) is 19.0. The highest BCUT2D eigenvalue weighted by atomic mass is 16.6. The first-order chi connectivity index (χ1) is 13.1. The third-order valence-corrected chi connectivity index (χ3v) is 5.74. The lowest BCUT2D eigenvalue weighted by Gasteiger charge is -2.34. The van der Waals surface area contributed by atoms with E-state index in [4.69, 9.17) is 4.74 Å². The fraction of sp³-hybridized carbons (Fsp3) is 0.375. The van der Waals surface area contributed by atoms with Gasteiger partial charge >= 0.3 is 6.09 Å². The van der Waals surface area contributed by atoms with Gasteiger partial charge in [0.2, 0.25) is 0 Å². The monoisotopic (exact) mass is 361 g/mol. The molecular weight excluding hydrogens is 334 g/mol. The molecule has 27 heavy (non-hydrogen) atoms. The summed E-state index contributed by atoms with van der Waals surface area (Å²) in [4.78, 5) is 14.7. The second-order valence-corrected chi connectivity index (χ2v) is 7.88. The maximum Gasteiger partial charge on any atom is 0.410 e. The van der Waals surface area contributed by atoms with Crippen LogP contribution in [0, 0.1) is 0 Å². The van der Waals surface area contributed by atoms with Crippen molar-refractivity contribution in [1.29, 1.82) is 0 Å². The Morgan fingerprint density at radius 1 is 1.07 bits per heavy atom. The van der Waals surface area contributed by atoms with E-state index in [1.165, 1.54) is 16.7 Å². The summed E-state index contributed by atoms with van der Waals surface area (Å²) in [7, 11) is 0. The fourth-order valence-corrected chi connectivity index (χ4v) is 4.40. The molecule has 1 fully saturated rings. The number of nitrogens with zero attached hydrogens (tertiary/aromatic N) is 1. The Balaban J connectivity index is 1.50. The van der Waals surface area contributed by atoms with Crippen molar-refractivity contribution in [3.63, 3.8) is 0 Å². The minimum Gasteiger partial charge on any atom is -0.445 e. The first kappa shape index (κ1) is 17.8. The number of ether oxygens (including phenoxy) is 1. The second kappa shape index (κ2) is 7.59. The van der Waals surface area contributed by atoms with Crippen molar-refractivity contribution in [2.75, 3.05) is 0 Å². The van der Waals surface area contributed by atoms with Crippen LogP contribution in [0.4, 0.5) is 4.79 Å². The van der Waals surface area contributed by atoms with E-state index in [0.29, 0.717) is 12.5 Å². The van der Waals surface area contributed by atoms with Crippen molar-refractivity contribution in [1.82, 2.24) is 4.90 Å². The predicted octanol–water partition coefficient (Wildman–Crippen LogP) is 5.77. The highest BCUT2D eigenvalue weighted by molar-refractivity contribution is 5.76. The molecule has 3 nitrogen and oxygen atoms in total. The van der Waals surface area contributed by atoms with E-state index in [2.05, 4.69) is 44.2 Å². The molecule has 0 radical (unpaired) electrons. The summed E-state index contributed by atoms with van der Waals surface area (Å²) in [5, 5.41) is 0. The molecule has 0 aromatic heterocycles. The van der Waals surface area contributed by atoms with Gasteiger partial charge in [-0.05, 0) is 47.4 Å². The van der Waals surface area contributed by atoms with Gasteiger partial charge in [0.1, 0.15) is 6.61 Å². The minimum absolute atomic E-state index is 0.155. The number of benzene rings is 2. The molecule has 2 aliphatic rings. The Bertz CT molecular complexity index is 840. The summed E-state index contributed by atoms with van der Waals surface area (Å²) >= 11 is 0. The van der Waals surface area contributed by atoms with Gasteiger partial charge < -0.3 is 4.74 Å². The minimum atomic E-state index is -0.182. The molecule has 0 N–H and O–H groups in total. The Morgan fingerprint density at radius 3 is 2.56 bits per heavy atom. The van der Waals surface area contributed by atoms with Crippen LogP contribution in [0.15, 0.2) is 60.7 Å². The number of rotatable bonds is 4. The summed E-state index contributed by atoms with van der Waals surface area (Å²) in [5.41, 5.74) is 5.15. The number of hydrogen-bond donors (Lipinski definition) is 0. The van der Waals surface area contributed by atoms with Gasteiger partial charge in [0, 0.05) is 6.04 Å². The molecule has 3 heteroatoms. The third kappa shape index (κ3) is 3.64. The molecule has 0 aliphatic carbocycles. The van der Waals surface area contributed by atoms with E-state index in [0.717, 1.165) is 24.8 Å². The molecule has 1 saturated heterocycles. The zero-order valence-corrected chi connectivity index (χ0v) is 16.1. The standard InChI is InChI=1S/C24H27NO2/c1-17(2)22-10-6-7-11-23(22)19-14-20-12-13-21(15-19)25(20)24(26)27-16-18-8-4-3-5-9-18/h3-11,14,17,20-21H,12-13,15-16H2,1-2H3. The lowest BCUT2D eigenvalue weighted by Crippen LogP contribution is -2.43. The molecule has 2 bridgehead atoms. The quantitative estimate of drug-likeness (QED) is 0.692. The van der Waals surface area contributed by atoms with Crippen LogP contribution in [0.2, 0.25) is 0 Å². The maximum absolute atomic E-state index is 12.7. The molecule has 140 valence electrons. The van der Waals surface area contributed by atoms with E-state index >= 15 is 0 Å². The van der Waals surface area contributed by atoms with Crippen molar-refractivity contribution >= 4 is 11.7 Å². The largest absolute Gasteiger partial charge is 0.445 e. The van der Waals surface area contributed by atoms with Crippen LogP contribution >= 0.6 is 0 Å². The van der Waals surface area contributed by atoms with Crippen molar-refractivity contribution in [3.05, 3.63) is 77.4 Å². The fourth-order valence-electron chi connectivity index (χ4n) is 4.40. The number of carbonyl (C=O) groups excluding carboxylic acids is 1. The Hall–Kier alpha value is -2.55. The van der Waals surface area contributed by atoms with Gasteiger partial charge in [-0.1, -0.05) is 74.5 Å². The van der Waals surface area contributed by atoms with Crippen LogP contribution in [0.5, 0.6) is 0 Å². The van der Waals surface area contributed by atoms with Crippen LogP contribution in [0.1, 0.15) is 55.7 Å². The number of amides is 1. The Morgan fingerprint density at radius 2 is 1.81 bits per heavy atom. The van der Waals surface area contributed by atoms with Crippen LogP contribution < -0.4 is 0 Å². The van der Waals surface area contributed by atoms with E-state index in [9.17, 15) is 4.79 Å². The molecule has 2 aromatic carbocycles. The molecule has 0 saturated carbocycles. The van der Waals surface area contributed by atoms with Crippen LogP contribution in [-0.2, 0) is 11.3 Å². The van der Waals surface area contributed by atoms with Gasteiger partial charge in [0.25, 0.3) is 0 Å². The normalized spacial score (nSPS) is 21.3. The van der Waals surface area contributed by atoms with E-state index in [1.54, 1.807) is 0 Å². The van der Waals surface area contributed by atoms with Gasteiger partial charge in [0.05, 0.1) is 6.04 Å². The second-order valence-electron chi connectivity index (χ2n) is 7.88.